The van der Waals surface area contributed by atoms with Gasteiger partial charge < -0.3 is 29.9 Å². The average molecular weight is 572 g/mol. The number of carbonyl (C=O) groups is 1. The van der Waals surface area contributed by atoms with Gasteiger partial charge in [-0.05, 0) is 43.5 Å². The lowest BCUT2D eigenvalue weighted by Crippen LogP contribution is -2.50. The summed E-state index contributed by atoms with van der Waals surface area (Å²) >= 11 is 0. The van der Waals surface area contributed by atoms with Crippen LogP contribution in [0.15, 0.2) is 36.7 Å². The molecule has 0 unspecified atom stereocenters. The van der Waals surface area contributed by atoms with Crippen LogP contribution in [-0.4, -0.2) is 114 Å². The largest absolute Gasteiger partial charge is 0.379 e. The fourth-order valence-corrected chi connectivity index (χ4v) is 6.44. The van der Waals surface area contributed by atoms with E-state index < -0.39 is 0 Å². The highest BCUT2D eigenvalue weighted by Crippen LogP contribution is 2.39. The molecule has 6 heterocycles. The molecule has 3 fully saturated rings. The van der Waals surface area contributed by atoms with Crippen molar-refractivity contribution in [3.63, 3.8) is 0 Å². The lowest BCUT2D eigenvalue weighted by molar-refractivity contribution is 0.00159. The van der Waals surface area contributed by atoms with E-state index in [1.54, 1.807) is 12.4 Å². The molecule has 2 aromatic heterocycles. The number of hydrogen-bond acceptors (Lipinski definition) is 11. The molecule has 12 heteroatoms. The van der Waals surface area contributed by atoms with Crippen LogP contribution in [0.1, 0.15) is 28.8 Å². The molecule has 4 aliphatic heterocycles. The number of rotatable bonds is 5. The highest BCUT2D eigenvalue weighted by molar-refractivity contribution is 5.94. The second kappa shape index (κ2) is 11.8. The summed E-state index contributed by atoms with van der Waals surface area (Å²) in [5, 5.41) is 0. The van der Waals surface area contributed by atoms with Gasteiger partial charge in [-0.3, -0.25) is 9.69 Å². The molecule has 0 radical (unpaired) electrons. The molecule has 1 aromatic carbocycles. The Morgan fingerprint density at radius 3 is 2.19 bits per heavy atom. The van der Waals surface area contributed by atoms with Crippen molar-refractivity contribution in [2.24, 2.45) is 0 Å². The summed E-state index contributed by atoms with van der Waals surface area (Å²) in [6.07, 6.45) is 6.26. The van der Waals surface area contributed by atoms with E-state index in [1.165, 1.54) is 0 Å². The summed E-state index contributed by atoms with van der Waals surface area (Å²) in [6, 6.07) is 8.51. The van der Waals surface area contributed by atoms with Gasteiger partial charge in [0, 0.05) is 86.6 Å². The molecule has 220 valence electrons. The van der Waals surface area contributed by atoms with E-state index in [0.717, 1.165) is 112 Å². The lowest BCUT2D eigenvalue weighted by atomic mass is 10.0. The number of amides is 1. The topological polar surface area (TPSA) is 126 Å². The molecule has 0 spiro atoms. The zero-order valence-electron chi connectivity index (χ0n) is 23.8. The summed E-state index contributed by atoms with van der Waals surface area (Å²) in [6.45, 7) is 8.71. The van der Waals surface area contributed by atoms with Gasteiger partial charge in [0.15, 0.2) is 0 Å². The van der Waals surface area contributed by atoms with Gasteiger partial charge >= 0.3 is 0 Å². The molecule has 12 nitrogen and oxygen atoms in total. The molecular weight excluding hydrogens is 534 g/mol. The van der Waals surface area contributed by atoms with Crippen molar-refractivity contribution in [1.29, 1.82) is 0 Å². The first kappa shape index (κ1) is 27.0. The monoisotopic (exact) mass is 571 g/mol. The summed E-state index contributed by atoms with van der Waals surface area (Å²) in [5.74, 6) is 1.88. The number of morpholine rings is 2. The molecule has 2 N–H and O–H groups in total. The van der Waals surface area contributed by atoms with Crippen molar-refractivity contribution in [3.05, 3.63) is 47.8 Å². The van der Waals surface area contributed by atoms with Gasteiger partial charge in [-0.2, -0.15) is 4.98 Å². The van der Waals surface area contributed by atoms with Crippen LogP contribution >= 0.6 is 0 Å². The fraction of sp³-hybridized carbons (Fsp3) is 0.500. The molecule has 3 saturated heterocycles. The average Bonchev–Trinajstić information content (AvgIpc) is 3.49. The van der Waals surface area contributed by atoms with Crippen LogP contribution in [0.2, 0.25) is 0 Å². The number of likely N-dealkylation sites (tertiary alicyclic amines) is 1. The maximum Gasteiger partial charge on any atom is 0.253 e. The van der Waals surface area contributed by atoms with Crippen LogP contribution in [0.3, 0.4) is 0 Å². The Hall–Kier alpha value is -3.87. The van der Waals surface area contributed by atoms with Gasteiger partial charge in [0.25, 0.3) is 5.91 Å². The molecular formula is C30H37N9O3. The standard InChI is InChI=1S/C30H37N9O3/c31-29-32-19-22(20-33-29)26-25-7-10-39(27(25)35-30(34-26)38-13-17-42-18-14-38)24-3-1-21(2-4-24)28(40)37-8-5-23(6-9-37)36-11-15-41-16-12-36/h1-4,19-20,23H,5-18H2,(H2,31,32,33). The zero-order chi connectivity index (χ0) is 28.5. The second-order valence-electron chi connectivity index (χ2n) is 11.2. The maximum absolute atomic E-state index is 13.4. The SMILES string of the molecule is Nc1ncc(-c2nc(N3CCOCC3)nc3c2CCN3c2ccc(C(=O)N3CCC(N4CCOCC4)CC3)cc2)cn1. The van der Waals surface area contributed by atoms with E-state index in [0.29, 0.717) is 25.2 Å². The summed E-state index contributed by atoms with van der Waals surface area (Å²) < 4.78 is 11.1. The minimum atomic E-state index is 0.103. The second-order valence-corrected chi connectivity index (χ2v) is 11.2. The normalized spacial score (nSPS) is 20.1. The van der Waals surface area contributed by atoms with Crippen LogP contribution in [0.25, 0.3) is 11.3 Å². The third kappa shape index (κ3) is 5.37. The van der Waals surface area contributed by atoms with Gasteiger partial charge in [0.1, 0.15) is 5.82 Å². The summed E-state index contributed by atoms with van der Waals surface area (Å²) in [5.41, 5.74) is 10.2. The Morgan fingerprint density at radius 1 is 0.833 bits per heavy atom. The maximum atomic E-state index is 13.4. The highest BCUT2D eigenvalue weighted by atomic mass is 16.5. The third-order valence-corrected chi connectivity index (χ3v) is 8.79. The molecule has 3 aromatic rings. The van der Waals surface area contributed by atoms with E-state index in [1.807, 2.05) is 29.2 Å². The number of nitrogen functional groups attached to an aromatic ring is 1. The van der Waals surface area contributed by atoms with Crippen molar-refractivity contribution in [2.75, 3.05) is 87.8 Å². The molecule has 7 rings (SSSR count). The molecule has 0 atom stereocenters. The predicted octanol–water partition coefficient (Wildman–Crippen LogP) is 1.98. The summed E-state index contributed by atoms with van der Waals surface area (Å²) in [7, 11) is 0. The first-order valence-electron chi connectivity index (χ1n) is 14.9. The van der Waals surface area contributed by atoms with E-state index in [-0.39, 0.29) is 11.9 Å². The van der Waals surface area contributed by atoms with Gasteiger partial charge in [-0.1, -0.05) is 0 Å². The third-order valence-electron chi connectivity index (χ3n) is 8.79. The summed E-state index contributed by atoms with van der Waals surface area (Å²) in [4.78, 5) is 40.7. The lowest BCUT2D eigenvalue weighted by Gasteiger charge is -2.40. The number of aromatic nitrogens is 4. The highest BCUT2D eigenvalue weighted by Gasteiger charge is 2.31. The van der Waals surface area contributed by atoms with Crippen LogP contribution in [0.4, 0.5) is 23.4 Å². The van der Waals surface area contributed by atoms with Crippen LogP contribution < -0.4 is 15.5 Å². The van der Waals surface area contributed by atoms with E-state index in [4.69, 9.17) is 25.2 Å². The first-order valence-corrected chi connectivity index (χ1v) is 14.9. The van der Waals surface area contributed by atoms with Gasteiger partial charge in [0.05, 0.1) is 32.1 Å². The quantitative estimate of drug-likeness (QED) is 0.483. The van der Waals surface area contributed by atoms with Gasteiger partial charge in [0.2, 0.25) is 11.9 Å². The number of ether oxygens (including phenoxy) is 2. The molecule has 0 aliphatic carbocycles. The molecule has 0 bridgehead atoms. The fourth-order valence-electron chi connectivity index (χ4n) is 6.44. The minimum absolute atomic E-state index is 0.103. The van der Waals surface area contributed by atoms with Crippen molar-refractivity contribution in [2.45, 2.75) is 25.3 Å². The van der Waals surface area contributed by atoms with Gasteiger partial charge in [-0.25, -0.2) is 15.0 Å². The molecule has 4 aliphatic rings. The Kier molecular flexibility index (Phi) is 7.57. The molecule has 42 heavy (non-hydrogen) atoms. The van der Waals surface area contributed by atoms with Crippen LogP contribution in [0, 0.1) is 0 Å². The van der Waals surface area contributed by atoms with E-state index in [2.05, 4.69) is 24.7 Å². The Bertz CT molecular complexity index is 1400. The Morgan fingerprint density at radius 2 is 1.50 bits per heavy atom. The molecule has 1 amide bonds. The van der Waals surface area contributed by atoms with Crippen LogP contribution in [-0.2, 0) is 15.9 Å². The predicted molar refractivity (Wildman–Crippen MR) is 159 cm³/mol. The number of carbonyl (C=O) groups excluding carboxylic acids is 1. The van der Waals surface area contributed by atoms with Crippen molar-refractivity contribution >= 4 is 29.3 Å². The number of piperidine rings is 1. The Balaban J connectivity index is 1.10. The molecule has 0 saturated carbocycles. The number of anilines is 4. The van der Waals surface area contributed by atoms with Gasteiger partial charge in [-0.15, -0.1) is 0 Å². The number of nitrogens with zero attached hydrogens (tertiary/aromatic N) is 8. The Labute approximate surface area is 245 Å². The smallest absolute Gasteiger partial charge is 0.253 e. The van der Waals surface area contributed by atoms with Crippen molar-refractivity contribution < 1.29 is 14.3 Å². The van der Waals surface area contributed by atoms with E-state index in [9.17, 15) is 4.79 Å². The number of fused-ring (bicyclic) bond motifs is 1. The number of nitrogens with two attached hydrogens (primary N) is 1. The van der Waals surface area contributed by atoms with Crippen LogP contribution in [0.5, 0.6) is 0 Å². The minimum Gasteiger partial charge on any atom is -0.379 e. The number of hydrogen-bond donors (Lipinski definition) is 1. The van der Waals surface area contributed by atoms with E-state index >= 15 is 0 Å². The number of benzene rings is 1. The van der Waals surface area contributed by atoms with Crippen molar-refractivity contribution in [1.82, 2.24) is 29.7 Å². The van der Waals surface area contributed by atoms with Crippen molar-refractivity contribution in [3.8, 4) is 11.3 Å². The first-order chi connectivity index (χ1) is 20.6. The zero-order valence-corrected chi connectivity index (χ0v) is 23.8.